The standard InChI is InChI=1S/C13H11Cl2FN2O/c1-19-13-3-2-7(4-10(13)16)18-12-6-9(15)8(14)5-11(12)17/h2-6,18H,17H2,1H3. The normalized spacial score (nSPS) is 10.3. The van der Waals surface area contributed by atoms with Gasteiger partial charge in [-0.2, -0.15) is 0 Å². The number of ether oxygens (including phenoxy) is 1. The molecule has 3 N–H and O–H groups in total. The van der Waals surface area contributed by atoms with Crippen LogP contribution in [0.2, 0.25) is 10.0 Å². The predicted octanol–water partition coefficient (Wildman–Crippen LogP) is 4.47. The van der Waals surface area contributed by atoms with Gasteiger partial charge in [0.05, 0.1) is 28.5 Å². The zero-order valence-electron chi connectivity index (χ0n) is 10.0. The number of nitrogens with one attached hydrogen (secondary N) is 1. The van der Waals surface area contributed by atoms with E-state index in [9.17, 15) is 4.39 Å². The Balaban J connectivity index is 2.31. The first-order valence-electron chi connectivity index (χ1n) is 5.36. The van der Waals surface area contributed by atoms with E-state index in [0.717, 1.165) is 0 Å². The van der Waals surface area contributed by atoms with Crippen LogP contribution in [0.1, 0.15) is 0 Å². The minimum Gasteiger partial charge on any atom is -0.494 e. The van der Waals surface area contributed by atoms with E-state index >= 15 is 0 Å². The highest BCUT2D eigenvalue weighted by Gasteiger charge is 2.07. The van der Waals surface area contributed by atoms with Crippen LogP contribution >= 0.6 is 23.2 Å². The molecule has 0 bridgehead atoms. The summed E-state index contributed by atoms with van der Waals surface area (Å²) >= 11 is 11.7. The highest BCUT2D eigenvalue weighted by Crippen LogP contribution is 2.33. The summed E-state index contributed by atoms with van der Waals surface area (Å²) in [6, 6.07) is 7.61. The van der Waals surface area contributed by atoms with Crippen LogP contribution in [0, 0.1) is 5.82 Å². The van der Waals surface area contributed by atoms with Crippen LogP contribution in [-0.4, -0.2) is 7.11 Å². The van der Waals surface area contributed by atoms with Gasteiger partial charge in [-0.15, -0.1) is 0 Å². The Hall–Kier alpha value is -1.65. The fourth-order valence-electron chi connectivity index (χ4n) is 1.57. The minimum atomic E-state index is -0.467. The first kappa shape index (κ1) is 13.8. The summed E-state index contributed by atoms with van der Waals surface area (Å²) in [7, 11) is 1.41. The van der Waals surface area contributed by atoms with Gasteiger partial charge >= 0.3 is 0 Å². The van der Waals surface area contributed by atoms with E-state index < -0.39 is 5.82 Å². The molecule has 0 saturated heterocycles. The fraction of sp³-hybridized carbons (Fsp3) is 0.0769. The Morgan fingerprint density at radius 1 is 1.16 bits per heavy atom. The Morgan fingerprint density at radius 2 is 1.84 bits per heavy atom. The Kier molecular flexibility index (Phi) is 4.02. The molecule has 0 atom stereocenters. The molecule has 19 heavy (non-hydrogen) atoms. The van der Waals surface area contributed by atoms with Crippen molar-refractivity contribution in [3.63, 3.8) is 0 Å². The smallest absolute Gasteiger partial charge is 0.167 e. The number of halogens is 3. The van der Waals surface area contributed by atoms with Gasteiger partial charge in [-0.1, -0.05) is 23.2 Å². The quantitative estimate of drug-likeness (QED) is 0.822. The van der Waals surface area contributed by atoms with E-state index in [0.29, 0.717) is 27.1 Å². The highest BCUT2D eigenvalue weighted by molar-refractivity contribution is 6.42. The molecule has 0 fully saturated rings. The van der Waals surface area contributed by atoms with E-state index in [1.54, 1.807) is 12.1 Å². The van der Waals surface area contributed by atoms with Crippen molar-refractivity contribution in [3.05, 3.63) is 46.2 Å². The average molecular weight is 301 g/mol. The maximum absolute atomic E-state index is 13.6. The lowest BCUT2D eigenvalue weighted by atomic mass is 10.2. The van der Waals surface area contributed by atoms with Crippen LogP contribution in [0.15, 0.2) is 30.3 Å². The molecule has 2 aromatic carbocycles. The SMILES string of the molecule is COc1ccc(Nc2cc(Cl)c(Cl)cc2N)cc1F. The molecular formula is C13H11Cl2FN2O. The number of rotatable bonds is 3. The molecular weight excluding hydrogens is 290 g/mol. The largest absolute Gasteiger partial charge is 0.494 e. The molecule has 0 unspecified atom stereocenters. The van der Waals surface area contributed by atoms with Gasteiger partial charge in [-0.25, -0.2) is 4.39 Å². The van der Waals surface area contributed by atoms with Crippen LogP contribution in [0.25, 0.3) is 0 Å². The third-order valence-electron chi connectivity index (χ3n) is 2.52. The summed E-state index contributed by atoms with van der Waals surface area (Å²) in [5.41, 5.74) is 7.32. The lowest BCUT2D eigenvalue weighted by Crippen LogP contribution is -1.97. The van der Waals surface area contributed by atoms with E-state index in [4.69, 9.17) is 33.7 Å². The van der Waals surface area contributed by atoms with Crippen LogP contribution in [0.3, 0.4) is 0 Å². The summed E-state index contributed by atoms with van der Waals surface area (Å²) < 4.78 is 18.4. The van der Waals surface area contributed by atoms with Crippen molar-refractivity contribution >= 4 is 40.3 Å². The Morgan fingerprint density at radius 3 is 2.47 bits per heavy atom. The van der Waals surface area contributed by atoms with E-state index in [2.05, 4.69) is 5.32 Å². The molecule has 0 radical (unpaired) electrons. The number of benzene rings is 2. The fourth-order valence-corrected chi connectivity index (χ4v) is 1.91. The average Bonchev–Trinajstić information content (AvgIpc) is 2.36. The number of hydrogen-bond acceptors (Lipinski definition) is 3. The van der Waals surface area contributed by atoms with Crippen molar-refractivity contribution in [1.82, 2.24) is 0 Å². The number of methoxy groups -OCH3 is 1. The molecule has 0 aliphatic rings. The van der Waals surface area contributed by atoms with Crippen molar-refractivity contribution in [2.75, 3.05) is 18.2 Å². The van der Waals surface area contributed by atoms with Crippen LogP contribution in [0.4, 0.5) is 21.5 Å². The second kappa shape index (κ2) is 5.55. The van der Waals surface area contributed by atoms with Crippen LogP contribution < -0.4 is 15.8 Å². The predicted molar refractivity (Wildman–Crippen MR) is 77.1 cm³/mol. The molecule has 6 heteroatoms. The van der Waals surface area contributed by atoms with Gasteiger partial charge in [0.25, 0.3) is 0 Å². The first-order valence-corrected chi connectivity index (χ1v) is 6.12. The molecule has 2 aromatic rings. The summed E-state index contributed by atoms with van der Waals surface area (Å²) in [6.45, 7) is 0. The number of nitrogen functional groups attached to an aromatic ring is 1. The van der Waals surface area contributed by atoms with Gasteiger partial charge in [0.2, 0.25) is 0 Å². The number of hydrogen-bond donors (Lipinski definition) is 2. The van der Waals surface area contributed by atoms with Crippen LogP contribution in [0.5, 0.6) is 5.75 Å². The molecule has 0 aliphatic heterocycles. The van der Waals surface area contributed by atoms with E-state index in [1.807, 2.05) is 0 Å². The molecule has 0 aromatic heterocycles. The van der Waals surface area contributed by atoms with Gasteiger partial charge < -0.3 is 15.8 Å². The summed E-state index contributed by atoms with van der Waals surface area (Å²) in [5, 5.41) is 3.70. The van der Waals surface area contributed by atoms with Crippen molar-refractivity contribution in [2.24, 2.45) is 0 Å². The van der Waals surface area contributed by atoms with Crippen molar-refractivity contribution in [1.29, 1.82) is 0 Å². The summed E-state index contributed by atoms with van der Waals surface area (Å²) in [5.74, 6) is -0.293. The van der Waals surface area contributed by atoms with Gasteiger partial charge in [0.15, 0.2) is 11.6 Å². The van der Waals surface area contributed by atoms with Gasteiger partial charge in [0, 0.05) is 11.8 Å². The lowest BCUT2D eigenvalue weighted by molar-refractivity contribution is 0.386. The summed E-state index contributed by atoms with van der Waals surface area (Å²) in [4.78, 5) is 0. The number of nitrogens with two attached hydrogens (primary N) is 1. The van der Waals surface area contributed by atoms with E-state index in [-0.39, 0.29) is 5.75 Å². The third-order valence-corrected chi connectivity index (χ3v) is 3.25. The molecule has 3 nitrogen and oxygen atoms in total. The third kappa shape index (κ3) is 3.03. The first-order chi connectivity index (χ1) is 9.01. The molecule has 0 saturated carbocycles. The second-order valence-corrected chi connectivity index (χ2v) is 4.64. The highest BCUT2D eigenvalue weighted by atomic mass is 35.5. The molecule has 100 valence electrons. The van der Waals surface area contributed by atoms with Crippen molar-refractivity contribution in [2.45, 2.75) is 0 Å². The van der Waals surface area contributed by atoms with Crippen molar-refractivity contribution in [3.8, 4) is 5.75 Å². The van der Waals surface area contributed by atoms with Gasteiger partial charge in [-0.05, 0) is 24.3 Å². The topological polar surface area (TPSA) is 47.3 Å². The molecule has 0 amide bonds. The van der Waals surface area contributed by atoms with E-state index in [1.165, 1.54) is 25.3 Å². The molecule has 0 heterocycles. The lowest BCUT2D eigenvalue weighted by Gasteiger charge is -2.11. The minimum absolute atomic E-state index is 0.174. The maximum Gasteiger partial charge on any atom is 0.167 e. The zero-order chi connectivity index (χ0) is 14.0. The van der Waals surface area contributed by atoms with Gasteiger partial charge in [0.1, 0.15) is 0 Å². The molecule has 0 aliphatic carbocycles. The Bertz CT molecular complexity index is 620. The monoisotopic (exact) mass is 300 g/mol. The van der Waals surface area contributed by atoms with Crippen molar-refractivity contribution < 1.29 is 9.13 Å². The van der Waals surface area contributed by atoms with Crippen LogP contribution in [-0.2, 0) is 0 Å². The molecule has 2 rings (SSSR count). The number of anilines is 3. The second-order valence-electron chi connectivity index (χ2n) is 3.83. The Labute approximate surface area is 120 Å². The summed E-state index contributed by atoms with van der Waals surface area (Å²) in [6.07, 6.45) is 0. The molecule has 0 spiro atoms. The van der Waals surface area contributed by atoms with Gasteiger partial charge in [-0.3, -0.25) is 0 Å². The maximum atomic E-state index is 13.6. The zero-order valence-corrected chi connectivity index (χ0v) is 11.5.